The quantitative estimate of drug-likeness (QED) is 0.574. The minimum atomic E-state index is -0.435. The van der Waals surface area contributed by atoms with Crippen molar-refractivity contribution >= 4 is 0 Å². The third-order valence-corrected chi connectivity index (χ3v) is 10.8. The van der Waals surface area contributed by atoms with Gasteiger partial charge in [0.1, 0.15) is 0 Å². The van der Waals surface area contributed by atoms with Crippen LogP contribution in [-0.2, 0) is 11.3 Å². The molecule has 1 aromatic rings. The number of fused-ring (bicyclic) bond motifs is 5. The first kappa shape index (κ1) is 22.4. The van der Waals surface area contributed by atoms with Crippen LogP contribution >= 0.6 is 0 Å². The van der Waals surface area contributed by atoms with Gasteiger partial charge in [-0.25, -0.2) is 0 Å². The average Bonchev–Trinajstić information content (AvgIpc) is 3.16. The summed E-state index contributed by atoms with van der Waals surface area (Å²) < 4.78 is 6.39. The van der Waals surface area contributed by atoms with Crippen LogP contribution in [0.2, 0.25) is 0 Å². The third-order valence-electron chi connectivity index (χ3n) is 10.8. The summed E-state index contributed by atoms with van der Waals surface area (Å²) in [5.74, 6) is 3.51. The van der Waals surface area contributed by atoms with Gasteiger partial charge in [-0.15, -0.1) is 0 Å². The molecule has 174 valence electrons. The molecule has 1 N–H and O–H groups in total. The predicted octanol–water partition coefficient (Wildman–Crippen LogP) is 6.51. The standard InChI is InChI=1S/C29H41NO2/c1-28-15-12-22(32-19-20-6-4-3-5-7-20)18-21(28)8-9-23-24-10-11-26(27(31)14-17-30)29(24,2)16-13-25(23)28/h3-7,21-27,31H,8-16,18-19H2,1-2H3/t21-,22-,23-,24-,25-,26+,27+,28-,29-/m0/s1. The number of aliphatic hydroxyl groups excluding tert-OH is 1. The summed E-state index contributed by atoms with van der Waals surface area (Å²) in [6.07, 6.45) is 11.7. The summed E-state index contributed by atoms with van der Waals surface area (Å²) >= 11 is 0. The molecule has 3 heteroatoms. The highest BCUT2D eigenvalue weighted by Gasteiger charge is 2.60. The zero-order chi connectivity index (χ0) is 22.3. The molecule has 0 heterocycles. The van der Waals surface area contributed by atoms with Gasteiger partial charge in [-0.1, -0.05) is 44.2 Å². The van der Waals surface area contributed by atoms with Crippen molar-refractivity contribution in [1.82, 2.24) is 0 Å². The maximum Gasteiger partial charge on any atom is 0.0720 e. The first-order valence-corrected chi connectivity index (χ1v) is 13.2. The Bertz CT molecular complexity index is 833. The lowest BCUT2D eigenvalue weighted by Crippen LogP contribution is -2.54. The van der Waals surface area contributed by atoms with Crippen LogP contribution in [0.1, 0.15) is 83.6 Å². The van der Waals surface area contributed by atoms with Gasteiger partial charge in [-0.3, -0.25) is 0 Å². The van der Waals surface area contributed by atoms with Crippen LogP contribution < -0.4 is 0 Å². The van der Waals surface area contributed by atoms with Gasteiger partial charge in [0.25, 0.3) is 0 Å². The van der Waals surface area contributed by atoms with Crippen LogP contribution in [0.4, 0.5) is 0 Å². The van der Waals surface area contributed by atoms with Crippen molar-refractivity contribution in [2.45, 2.75) is 96.9 Å². The molecule has 32 heavy (non-hydrogen) atoms. The lowest BCUT2D eigenvalue weighted by atomic mass is 9.44. The molecule has 0 amide bonds. The van der Waals surface area contributed by atoms with E-state index in [2.05, 4.69) is 50.2 Å². The first-order valence-electron chi connectivity index (χ1n) is 13.2. The largest absolute Gasteiger partial charge is 0.392 e. The van der Waals surface area contributed by atoms with Crippen molar-refractivity contribution in [3.05, 3.63) is 35.9 Å². The lowest BCUT2D eigenvalue weighted by molar-refractivity contribution is -0.141. The van der Waals surface area contributed by atoms with E-state index in [1.807, 2.05) is 0 Å². The maximum atomic E-state index is 10.7. The summed E-state index contributed by atoms with van der Waals surface area (Å²) in [5.41, 5.74) is 1.97. The zero-order valence-electron chi connectivity index (χ0n) is 20.0. The topological polar surface area (TPSA) is 53.2 Å². The van der Waals surface area contributed by atoms with Crippen molar-refractivity contribution in [2.24, 2.45) is 40.4 Å². The highest BCUT2D eigenvalue weighted by Crippen LogP contribution is 2.68. The van der Waals surface area contributed by atoms with Gasteiger partial charge in [0.2, 0.25) is 0 Å². The molecule has 5 rings (SSSR count). The second-order valence-electron chi connectivity index (χ2n) is 12.0. The molecule has 0 aliphatic heterocycles. The number of aliphatic hydroxyl groups is 1. The number of nitrogens with zero attached hydrogens (tertiary/aromatic N) is 1. The van der Waals surface area contributed by atoms with Gasteiger partial charge < -0.3 is 9.84 Å². The number of hydrogen-bond acceptors (Lipinski definition) is 3. The van der Waals surface area contributed by atoms with Crippen LogP contribution in [-0.4, -0.2) is 17.3 Å². The summed E-state index contributed by atoms with van der Waals surface area (Å²) in [5, 5.41) is 19.8. The minimum Gasteiger partial charge on any atom is -0.392 e. The number of hydrogen-bond donors (Lipinski definition) is 1. The Kier molecular flexibility index (Phi) is 6.14. The number of rotatable bonds is 5. The van der Waals surface area contributed by atoms with Gasteiger partial charge in [-0.2, -0.15) is 5.26 Å². The molecule has 4 fully saturated rings. The molecule has 3 nitrogen and oxygen atoms in total. The van der Waals surface area contributed by atoms with Crippen LogP contribution in [0.25, 0.3) is 0 Å². The van der Waals surface area contributed by atoms with Crippen molar-refractivity contribution < 1.29 is 9.84 Å². The monoisotopic (exact) mass is 435 g/mol. The third kappa shape index (κ3) is 3.72. The Hall–Kier alpha value is -1.37. The van der Waals surface area contributed by atoms with E-state index in [0.717, 1.165) is 36.7 Å². The molecular weight excluding hydrogens is 394 g/mol. The molecule has 0 unspecified atom stereocenters. The van der Waals surface area contributed by atoms with E-state index in [1.165, 1.54) is 56.9 Å². The fraction of sp³-hybridized carbons (Fsp3) is 0.759. The summed E-state index contributed by atoms with van der Waals surface area (Å²) in [7, 11) is 0. The molecule has 4 aliphatic rings. The molecular formula is C29H41NO2. The first-order chi connectivity index (χ1) is 15.5. The fourth-order valence-electron chi connectivity index (χ4n) is 9.07. The van der Waals surface area contributed by atoms with Crippen LogP contribution in [0.15, 0.2) is 30.3 Å². The van der Waals surface area contributed by atoms with Crippen LogP contribution in [0, 0.1) is 51.8 Å². The van der Waals surface area contributed by atoms with E-state index in [1.54, 1.807) is 0 Å². The van der Waals surface area contributed by atoms with Gasteiger partial charge in [0.15, 0.2) is 0 Å². The molecule has 0 spiro atoms. The molecule has 0 bridgehead atoms. The van der Waals surface area contributed by atoms with Crippen LogP contribution in [0.5, 0.6) is 0 Å². The van der Waals surface area contributed by atoms with Crippen molar-refractivity contribution in [2.75, 3.05) is 0 Å². The van der Waals surface area contributed by atoms with E-state index < -0.39 is 6.10 Å². The second-order valence-corrected chi connectivity index (χ2v) is 12.0. The van der Waals surface area contributed by atoms with Crippen LogP contribution in [0.3, 0.4) is 0 Å². The molecule has 9 atom stereocenters. The molecule has 0 aromatic heterocycles. The normalized spacial score (nSPS) is 44.1. The summed E-state index contributed by atoms with van der Waals surface area (Å²) in [6, 6.07) is 12.8. The Balaban J connectivity index is 1.25. The van der Waals surface area contributed by atoms with E-state index in [0.29, 0.717) is 23.9 Å². The number of ether oxygens (including phenoxy) is 1. The molecule has 0 radical (unpaired) electrons. The maximum absolute atomic E-state index is 10.7. The zero-order valence-corrected chi connectivity index (χ0v) is 20.0. The number of benzene rings is 1. The second kappa shape index (κ2) is 8.77. The van der Waals surface area contributed by atoms with E-state index >= 15 is 0 Å². The predicted molar refractivity (Wildman–Crippen MR) is 126 cm³/mol. The van der Waals surface area contributed by atoms with Gasteiger partial charge in [0.05, 0.1) is 31.3 Å². The highest BCUT2D eigenvalue weighted by atomic mass is 16.5. The van der Waals surface area contributed by atoms with Crippen molar-refractivity contribution in [1.29, 1.82) is 5.26 Å². The fourth-order valence-corrected chi connectivity index (χ4v) is 9.07. The van der Waals surface area contributed by atoms with Gasteiger partial charge in [-0.05, 0) is 104 Å². The van der Waals surface area contributed by atoms with Gasteiger partial charge >= 0.3 is 0 Å². The Morgan fingerprint density at radius 1 is 1.00 bits per heavy atom. The minimum absolute atomic E-state index is 0.233. The van der Waals surface area contributed by atoms with E-state index in [9.17, 15) is 5.11 Å². The molecule has 0 saturated heterocycles. The molecule has 4 saturated carbocycles. The summed E-state index contributed by atoms with van der Waals surface area (Å²) in [4.78, 5) is 0. The average molecular weight is 436 g/mol. The Labute approximate surface area is 194 Å². The number of nitriles is 1. The SMILES string of the molecule is C[C@]12CC[C@H](OCc3ccccc3)C[C@@H]1CC[C@@H]1[C@@H]2CC[C@]2(C)[C@@H]([C@H](O)CC#N)CC[C@@H]12. The summed E-state index contributed by atoms with van der Waals surface area (Å²) in [6.45, 7) is 5.81. The molecule has 4 aliphatic carbocycles. The highest BCUT2D eigenvalue weighted by molar-refractivity contribution is 5.14. The lowest BCUT2D eigenvalue weighted by Gasteiger charge is -2.61. The molecule has 1 aromatic carbocycles. The van der Waals surface area contributed by atoms with Crippen molar-refractivity contribution in [3.8, 4) is 6.07 Å². The van der Waals surface area contributed by atoms with E-state index in [4.69, 9.17) is 10.00 Å². The Morgan fingerprint density at radius 2 is 1.75 bits per heavy atom. The van der Waals surface area contributed by atoms with Crippen molar-refractivity contribution in [3.63, 3.8) is 0 Å². The smallest absolute Gasteiger partial charge is 0.0720 e. The van der Waals surface area contributed by atoms with Gasteiger partial charge in [0, 0.05) is 0 Å². The Morgan fingerprint density at radius 3 is 2.53 bits per heavy atom. The van der Waals surface area contributed by atoms with E-state index in [-0.39, 0.29) is 5.41 Å².